The van der Waals surface area contributed by atoms with E-state index >= 15 is 0 Å². The Balaban J connectivity index is 1.23. The lowest BCUT2D eigenvalue weighted by Crippen LogP contribution is -2.35. The van der Waals surface area contributed by atoms with E-state index in [9.17, 15) is 0 Å². The zero-order valence-electron chi connectivity index (χ0n) is 17.3. The van der Waals surface area contributed by atoms with Crippen LogP contribution in [0, 0.1) is 19.8 Å². The van der Waals surface area contributed by atoms with Crippen molar-refractivity contribution in [2.75, 3.05) is 25.0 Å². The lowest BCUT2D eigenvalue weighted by atomic mass is 9.97. The molecule has 1 aromatic carbocycles. The summed E-state index contributed by atoms with van der Waals surface area (Å²) in [4.78, 5) is 16.0. The molecule has 3 heterocycles. The van der Waals surface area contributed by atoms with Crippen molar-refractivity contribution in [1.29, 1.82) is 0 Å². The Labute approximate surface area is 172 Å². The van der Waals surface area contributed by atoms with Crippen LogP contribution in [0.15, 0.2) is 47.0 Å². The van der Waals surface area contributed by atoms with Gasteiger partial charge in [-0.3, -0.25) is 4.90 Å². The van der Waals surface area contributed by atoms with Crippen molar-refractivity contribution in [3.8, 4) is 0 Å². The Kier molecular flexibility index (Phi) is 6.20. The van der Waals surface area contributed by atoms with Crippen LogP contribution in [0.4, 0.5) is 5.82 Å². The minimum atomic E-state index is 0.659. The van der Waals surface area contributed by atoms with Crippen LogP contribution in [-0.2, 0) is 13.0 Å². The first-order chi connectivity index (χ1) is 14.2. The molecular formula is C23H29N5O. The lowest BCUT2D eigenvalue weighted by Gasteiger charge is -2.31. The maximum Gasteiger partial charge on any atom is 0.208 e. The average molecular weight is 392 g/mol. The highest BCUT2D eigenvalue weighted by Gasteiger charge is 2.21. The van der Waals surface area contributed by atoms with Crippen LogP contribution >= 0.6 is 0 Å². The highest BCUT2D eigenvalue weighted by atomic mass is 16.4. The van der Waals surface area contributed by atoms with Gasteiger partial charge in [-0.25, -0.2) is 15.0 Å². The van der Waals surface area contributed by atoms with Crippen molar-refractivity contribution < 1.29 is 4.42 Å². The standard InChI is InChI=1S/C23H29N5O/c1-17-18(2)29-23(26-17)16-28-12-9-20(10-13-28)15-25-21-8-11-24-22(27-21)14-19-6-4-3-5-7-19/h3-8,11,20H,9-10,12-16H2,1-2H3,(H,24,25,27). The summed E-state index contributed by atoms with van der Waals surface area (Å²) in [7, 11) is 0. The molecule has 1 saturated heterocycles. The number of piperidine rings is 1. The number of aryl methyl sites for hydroxylation is 2. The second-order valence-electron chi connectivity index (χ2n) is 7.87. The molecule has 1 aliphatic rings. The number of likely N-dealkylation sites (tertiary alicyclic amines) is 1. The minimum Gasteiger partial charge on any atom is -0.444 e. The minimum absolute atomic E-state index is 0.659. The second-order valence-corrected chi connectivity index (χ2v) is 7.87. The lowest BCUT2D eigenvalue weighted by molar-refractivity contribution is 0.167. The average Bonchev–Trinajstić information content (AvgIpc) is 3.05. The van der Waals surface area contributed by atoms with Crippen LogP contribution in [0.2, 0.25) is 0 Å². The summed E-state index contributed by atoms with van der Waals surface area (Å²) in [6.45, 7) is 7.89. The molecule has 1 fully saturated rings. The van der Waals surface area contributed by atoms with E-state index in [0.29, 0.717) is 5.92 Å². The number of benzene rings is 1. The van der Waals surface area contributed by atoms with Crippen LogP contribution in [0.5, 0.6) is 0 Å². The number of hydrogen-bond acceptors (Lipinski definition) is 6. The van der Waals surface area contributed by atoms with E-state index in [1.54, 1.807) is 0 Å². The van der Waals surface area contributed by atoms with Crippen molar-refractivity contribution in [1.82, 2.24) is 19.9 Å². The summed E-state index contributed by atoms with van der Waals surface area (Å²) >= 11 is 0. The van der Waals surface area contributed by atoms with E-state index in [2.05, 4.69) is 37.3 Å². The Morgan fingerprint density at radius 3 is 2.59 bits per heavy atom. The van der Waals surface area contributed by atoms with E-state index in [-0.39, 0.29) is 0 Å². The molecule has 0 atom stereocenters. The van der Waals surface area contributed by atoms with Gasteiger partial charge in [0.1, 0.15) is 17.4 Å². The SMILES string of the molecule is Cc1nc(CN2CCC(CNc3ccnc(Cc4ccccc4)n3)CC2)oc1C. The first-order valence-electron chi connectivity index (χ1n) is 10.4. The molecule has 29 heavy (non-hydrogen) atoms. The third kappa shape index (κ3) is 5.41. The van der Waals surface area contributed by atoms with Gasteiger partial charge < -0.3 is 9.73 Å². The Hall–Kier alpha value is -2.73. The Morgan fingerprint density at radius 2 is 1.86 bits per heavy atom. The van der Waals surface area contributed by atoms with E-state index in [4.69, 9.17) is 4.42 Å². The molecule has 2 aromatic heterocycles. The Bertz CT molecular complexity index is 897. The van der Waals surface area contributed by atoms with Gasteiger partial charge in [0.15, 0.2) is 0 Å². The fourth-order valence-corrected chi connectivity index (χ4v) is 3.76. The van der Waals surface area contributed by atoms with E-state index in [0.717, 1.165) is 61.6 Å². The molecule has 0 amide bonds. The molecule has 0 aliphatic carbocycles. The summed E-state index contributed by atoms with van der Waals surface area (Å²) in [5, 5.41) is 3.52. The number of anilines is 1. The molecular weight excluding hydrogens is 362 g/mol. The number of hydrogen-bond donors (Lipinski definition) is 1. The number of nitrogens with zero attached hydrogens (tertiary/aromatic N) is 4. The molecule has 1 N–H and O–H groups in total. The van der Waals surface area contributed by atoms with Gasteiger partial charge in [-0.2, -0.15) is 0 Å². The van der Waals surface area contributed by atoms with E-state index < -0.39 is 0 Å². The molecule has 6 heteroatoms. The fraction of sp³-hybridized carbons (Fsp3) is 0.435. The van der Waals surface area contributed by atoms with Crippen LogP contribution in [0.25, 0.3) is 0 Å². The molecule has 4 rings (SSSR count). The molecule has 0 spiro atoms. The number of nitrogens with one attached hydrogen (secondary N) is 1. The van der Waals surface area contributed by atoms with Crippen molar-refractivity contribution in [2.24, 2.45) is 5.92 Å². The molecule has 1 aliphatic heterocycles. The van der Waals surface area contributed by atoms with E-state index in [1.807, 2.05) is 44.3 Å². The van der Waals surface area contributed by atoms with Crippen LogP contribution < -0.4 is 5.32 Å². The molecule has 6 nitrogen and oxygen atoms in total. The molecule has 0 bridgehead atoms. The van der Waals surface area contributed by atoms with Gasteiger partial charge >= 0.3 is 0 Å². The van der Waals surface area contributed by atoms with Crippen LogP contribution in [0.3, 0.4) is 0 Å². The first-order valence-corrected chi connectivity index (χ1v) is 10.4. The summed E-state index contributed by atoms with van der Waals surface area (Å²) in [6.07, 6.45) is 4.95. The molecule has 0 saturated carbocycles. The maximum absolute atomic E-state index is 5.72. The van der Waals surface area contributed by atoms with Crippen molar-refractivity contribution >= 4 is 5.82 Å². The highest BCUT2D eigenvalue weighted by molar-refractivity contribution is 5.34. The summed E-state index contributed by atoms with van der Waals surface area (Å²) in [5.41, 5.74) is 2.23. The van der Waals surface area contributed by atoms with Crippen molar-refractivity contribution in [3.05, 3.63) is 71.3 Å². The topological polar surface area (TPSA) is 67.1 Å². The van der Waals surface area contributed by atoms with Gasteiger partial charge in [-0.05, 0) is 57.3 Å². The number of oxazole rings is 1. The second kappa shape index (κ2) is 9.18. The zero-order valence-corrected chi connectivity index (χ0v) is 17.3. The zero-order chi connectivity index (χ0) is 20.1. The summed E-state index contributed by atoms with van der Waals surface area (Å²) < 4.78 is 5.72. The van der Waals surface area contributed by atoms with Gasteiger partial charge in [0.25, 0.3) is 0 Å². The normalized spacial score (nSPS) is 15.5. The third-order valence-electron chi connectivity index (χ3n) is 5.62. The van der Waals surface area contributed by atoms with Crippen LogP contribution in [-0.4, -0.2) is 39.5 Å². The van der Waals surface area contributed by atoms with Gasteiger partial charge in [-0.15, -0.1) is 0 Å². The van der Waals surface area contributed by atoms with Gasteiger partial charge in [-0.1, -0.05) is 30.3 Å². The van der Waals surface area contributed by atoms with Crippen LogP contribution in [0.1, 0.15) is 41.6 Å². The smallest absolute Gasteiger partial charge is 0.208 e. The number of aromatic nitrogens is 3. The third-order valence-corrected chi connectivity index (χ3v) is 5.62. The summed E-state index contributed by atoms with van der Waals surface area (Å²) in [6, 6.07) is 12.3. The van der Waals surface area contributed by atoms with Gasteiger partial charge in [0.05, 0.1) is 12.2 Å². The number of rotatable bonds is 7. The quantitative estimate of drug-likeness (QED) is 0.657. The highest BCUT2D eigenvalue weighted by Crippen LogP contribution is 2.20. The Morgan fingerprint density at radius 1 is 1.07 bits per heavy atom. The van der Waals surface area contributed by atoms with Gasteiger partial charge in [0.2, 0.25) is 5.89 Å². The molecule has 0 unspecified atom stereocenters. The van der Waals surface area contributed by atoms with Crippen molar-refractivity contribution in [2.45, 2.75) is 39.7 Å². The fourth-order valence-electron chi connectivity index (χ4n) is 3.76. The molecule has 0 radical (unpaired) electrons. The van der Waals surface area contributed by atoms with Crippen molar-refractivity contribution in [3.63, 3.8) is 0 Å². The predicted molar refractivity (Wildman–Crippen MR) is 114 cm³/mol. The summed E-state index contributed by atoms with van der Waals surface area (Å²) in [5.74, 6) is 4.19. The van der Waals surface area contributed by atoms with E-state index in [1.165, 1.54) is 18.4 Å². The molecule has 152 valence electrons. The molecule has 3 aromatic rings. The monoisotopic (exact) mass is 391 g/mol. The maximum atomic E-state index is 5.72. The van der Waals surface area contributed by atoms with Gasteiger partial charge in [0, 0.05) is 19.2 Å². The first kappa shape index (κ1) is 19.6. The largest absolute Gasteiger partial charge is 0.444 e. The predicted octanol–water partition coefficient (Wildman–Crippen LogP) is 4.00.